The van der Waals surface area contributed by atoms with Gasteiger partial charge in [0.2, 0.25) is 5.91 Å². The molecule has 0 spiro atoms. The Balaban J connectivity index is 1.55. The van der Waals surface area contributed by atoms with Gasteiger partial charge in [0.25, 0.3) is 0 Å². The molecular formula is C20H21BrN4O3. The molecule has 3 aromatic rings. The first-order chi connectivity index (χ1) is 13.5. The van der Waals surface area contributed by atoms with Crippen molar-refractivity contribution in [2.24, 2.45) is 0 Å². The van der Waals surface area contributed by atoms with Gasteiger partial charge >= 0.3 is 5.69 Å². The number of methoxy groups -OCH3 is 1. The number of hydrogen-bond acceptors (Lipinski definition) is 4. The number of imidazole rings is 1. The zero-order chi connectivity index (χ0) is 19.7. The van der Waals surface area contributed by atoms with Crippen LogP contribution < -0.4 is 10.4 Å². The molecule has 0 unspecified atom stereocenters. The van der Waals surface area contributed by atoms with E-state index < -0.39 is 0 Å². The second-order valence-corrected chi connectivity index (χ2v) is 7.90. The largest absolute Gasteiger partial charge is 0.497 e. The second kappa shape index (κ2) is 7.79. The van der Waals surface area contributed by atoms with Crippen LogP contribution in [0, 0.1) is 0 Å². The average molecular weight is 445 g/mol. The Morgan fingerprint density at radius 1 is 1.39 bits per heavy atom. The molecule has 1 N–H and O–H groups in total. The summed E-state index contributed by atoms with van der Waals surface area (Å²) >= 11 is 3.42. The van der Waals surface area contributed by atoms with Crippen molar-refractivity contribution in [2.45, 2.75) is 25.3 Å². The normalized spacial score (nSPS) is 17.1. The van der Waals surface area contributed by atoms with Gasteiger partial charge in [-0.15, -0.1) is 0 Å². The van der Waals surface area contributed by atoms with E-state index in [2.05, 4.69) is 25.9 Å². The minimum Gasteiger partial charge on any atom is -0.497 e. The van der Waals surface area contributed by atoms with Gasteiger partial charge in [0, 0.05) is 23.8 Å². The SMILES string of the molecule is COc1cccc(CC(=O)N2CCC[C@H](n3c(=O)[nH]c4ncc(Br)cc43)C2)c1. The first kappa shape index (κ1) is 18.7. The van der Waals surface area contributed by atoms with E-state index in [1.807, 2.05) is 35.2 Å². The maximum atomic E-state index is 12.9. The predicted molar refractivity (Wildman–Crippen MR) is 110 cm³/mol. The smallest absolute Gasteiger partial charge is 0.327 e. The van der Waals surface area contributed by atoms with Crippen LogP contribution in [-0.2, 0) is 11.2 Å². The third-order valence-electron chi connectivity index (χ3n) is 5.14. The Kier molecular flexibility index (Phi) is 5.21. The van der Waals surface area contributed by atoms with Crippen LogP contribution in [0.2, 0.25) is 0 Å². The molecule has 0 bridgehead atoms. The molecule has 0 aliphatic carbocycles. The van der Waals surface area contributed by atoms with Gasteiger partial charge in [-0.1, -0.05) is 12.1 Å². The number of fused-ring (bicyclic) bond motifs is 1. The van der Waals surface area contributed by atoms with Crippen LogP contribution in [0.4, 0.5) is 0 Å². The highest BCUT2D eigenvalue weighted by atomic mass is 79.9. The summed E-state index contributed by atoms with van der Waals surface area (Å²) in [6.45, 7) is 1.22. The van der Waals surface area contributed by atoms with Crippen LogP contribution in [0.25, 0.3) is 11.2 Å². The summed E-state index contributed by atoms with van der Waals surface area (Å²) in [5.74, 6) is 0.801. The van der Waals surface area contributed by atoms with Crippen molar-refractivity contribution in [3.8, 4) is 5.75 Å². The molecule has 1 amide bonds. The monoisotopic (exact) mass is 444 g/mol. The van der Waals surface area contributed by atoms with Gasteiger partial charge < -0.3 is 9.64 Å². The van der Waals surface area contributed by atoms with E-state index in [1.54, 1.807) is 17.9 Å². The maximum absolute atomic E-state index is 12.9. The van der Waals surface area contributed by atoms with Gasteiger partial charge in [0.1, 0.15) is 5.75 Å². The van der Waals surface area contributed by atoms with E-state index >= 15 is 0 Å². The van der Waals surface area contributed by atoms with Crippen molar-refractivity contribution < 1.29 is 9.53 Å². The molecule has 2 aromatic heterocycles. The van der Waals surface area contributed by atoms with Crippen molar-refractivity contribution in [1.82, 2.24) is 19.4 Å². The molecular weight excluding hydrogens is 424 g/mol. The molecule has 1 aromatic carbocycles. The number of nitrogens with zero attached hydrogens (tertiary/aromatic N) is 3. The van der Waals surface area contributed by atoms with Crippen LogP contribution in [-0.4, -0.2) is 45.5 Å². The number of ether oxygens (including phenoxy) is 1. The molecule has 7 nitrogen and oxygen atoms in total. The van der Waals surface area contributed by atoms with E-state index in [4.69, 9.17) is 4.74 Å². The van der Waals surface area contributed by atoms with Gasteiger partial charge in [-0.05, 0) is 52.5 Å². The number of carbonyl (C=O) groups excluding carboxylic acids is 1. The van der Waals surface area contributed by atoms with Gasteiger partial charge in [-0.2, -0.15) is 0 Å². The number of carbonyl (C=O) groups is 1. The first-order valence-electron chi connectivity index (χ1n) is 9.21. The van der Waals surface area contributed by atoms with E-state index in [1.165, 1.54) is 0 Å². The zero-order valence-electron chi connectivity index (χ0n) is 15.5. The molecule has 1 aliphatic heterocycles. The number of amides is 1. The summed E-state index contributed by atoms with van der Waals surface area (Å²) in [6, 6.07) is 9.37. The fraction of sp³-hybridized carbons (Fsp3) is 0.350. The molecule has 146 valence electrons. The van der Waals surface area contributed by atoms with Gasteiger partial charge in [0.15, 0.2) is 5.65 Å². The molecule has 8 heteroatoms. The van der Waals surface area contributed by atoms with Crippen molar-refractivity contribution in [3.05, 3.63) is 57.0 Å². The Bertz CT molecular complexity index is 1070. The molecule has 3 heterocycles. The number of piperidine rings is 1. The number of benzene rings is 1. The van der Waals surface area contributed by atoms with E-state index in [0.717, 1.165) is 34.1 Å². The number of aromatic nitrogens is 3. The van der Waals surface area contributed by atoms with E-state index in [0.29, 0.717) is 25.2 Å². The minimum absolute atomic E-state index is 0.0603. The maximum Gasteiger partial charge on any atom is 0.327 e. The Morgan fingerprint density at radius 2 is 2.25 bits per heavy atom. The number of H-pyrrole nitrogens is 1. The predicted octanol–water partition coefficient (Wildman–Crippen LogP) is 2.90. The standard InChI is InChI=1S/C20H21BrN4O3/c1-28-16-6-2-4-13(8-16)9-18(26)24-7-3-5-15(12-24)25-17-10-14(21)11-22-19(17)23-20(25)27/h2,4,6,8,10-11,15H,3,5,7,9,12H2,1H3,(H,22,23,27)/t15-/m0/s1. The summed E-state index contributed by atoms with van der Waals surface area (Å²) in [5, 5.41) is 0. The Hall–Kier alpha value is -2.61. The zero-order valence-corrected chi connectivity index (χ0v) is 17.1. The minimum atomic E-state index is -0.187. The molecule has 28 heavy (non-hydrogen) atoms. The van der Waals surface area contributed by atoms with Gasteiger partial charge in [-0.25, -0.2) is 9.78 Å². The molecule has 1 atom stereocenters. The molecule has 0 saturated carbocycles. The lowest BCUT2D eigenvalue weighted by Gasteiger charge is -2.33. The summed E-state index contributed by atoms with van der Waals surface area (Å²) in [5.41, 5.74) is 2.05. The van der Waals surface area contributed by atoms with E-state index in [-0.39, 0.29) is 17.6 Å². The second-order valence-electron chi connectivity index (χ2n) is 6.99. The highest BCUT2D eigenvalue weighted by molar-refractivity contribution is 9.10. The van der Waals surface area contributed by atoms with E-state index in [9.17, 15) is 9.59 Å². The number of rotatable bonds is 4. The molecule has 0 radical (unpaired) electrons. The third-order valence-corrected chi connectivity index (χ3v) is 5.58. The fourth-order valence-electron chi connectivity index (χ4n) is 3.80. The fourth-order valence-corrected chi connectivity index (χ4v) is 4.12. The summed E-state index contributed by atoms with van der Waals surface area (Å²) < 4.78 is 7.78. The van der Waals surface area contributed by atoms with Crippen molar-refractivity contribution >= 4 is 33.0 Å². The highest BCUT2D eigenvalue weighted by Crippen LogP contribution is 2.25. The summed E-state index contributed by atoms with van der Waals surface area (Å²) in [7, 11) is 1.61. The van der Waals surface area contributed by atoms with Gasteiger partial charge in [-0.3, -0.25) is 14.3 Å². The number of likely N-dealkylation sites (tertiary alicyclic amines) is 1. The highest BCUT2D eigenvalue weighted by Gasteiger charge is 2.27. The lowest BCUT2D eigenvalue weighted by Crippen LogP contribution is -2.43. The molecule has 1 fully saturated rings. The number of halogens is 1. The Labute approximate surface area is 170 Å². The molecule has 1 saturated heterocycles. The number of aromatic amines is 1. The Morgan fingerprint density at radius 3 is 3.07 bits per heavy atom. The van der Waals surface area contributed by atoms with Crippen molar-refractivity contribution in [2.75, 3.05) is 20.2 Å². The summed E-state index contributed by atoms with van der Waals surface area (Å²) in [4.78, 5) is 34.3. The number of hydrogen-bond donors (Lipinski definition) is 1. The average Bonchev–Trinajstić information content (AvgIpc) is 3.03. The van der Waals surface area contributed by atoms with Crippen molar-refractivity contribution in [3.63, 3.8) is 0 Å². The first-order valence-corrected chi connectivity index (χ1v) is 10.0. The quantitative estimate of drug-likeness (QED) is 0.670. The number of pyridine rings is 1. The lowest BCUT2D eigenvalue weighted by molar-refractivity contribution is -0.132. The summed E-state index contributed by atoms with van der Waals surface area (Å²) in [6.07, 6.45) is 3.69. The van der Waals surface area contributed by atoms with Crippen LogP contribution in [0.5, 0.6) is 5.75 Å². The number of nitrogens with one attached hydrogen (secondary N) is 1. The van der Waals surface area contributed by atoms with Crippen LogP contribution in [0.1, 0.15) is 24.4 Å². The van der Waals surface area contributed by atoms with Gasteiger partial charge in [0.05, 0.1) is 25.1 Å². The van der Waals surface area contributed by atoms with Crippen LogP contribution >= 0.6 is 15.9 Å². The van der Waals surface area contributed by atoms with Crippen LogP contribution in [0.3, 0.4) is 0 Å². The molecule has 1 aliphatic rings. The third kappa shape index (κ3) is 3.69. The lowest BCUT2D eigenvalue weighted by atomic mass is 10.0. The topological polar surface area (TPSA) is 80.2 Å². The van der Waals surface area contributed by atoms with Crippen molar-refractivity contribution in [1.29, 1.82) is 0 Å². The van der Waals surface area contributed by atoms with Crippen LogP contribution in [0.15, 0.2) is 45.8 Å². The molecule has 4 rings (SSSR count).